The molecule has 4 heteroatoms. The smallest absolute Gasteiger partial charge is 0.173 e. The molecule has 0 amide bonds. The fraction of sp³-hybridized carbons (Fsp3) is 0. The van der Waals surface area contributed by atoms with Crippen molar-refractivity contribution >= 4 is 33.0 Å². The van der Waals surface area contributed by atoms with E-state index in [0.717, 1.165) is 11.4 Å². The average molecular weight is 360 g/mol. The van der Waals surface area contributed by atoms with Gasteiger partial charge in [0.05, 0.1) is 10.2 Å². The zero-order chi connectivity index (χ0) is 15.5. The first-order valence-electron chi connectivity index (χ1n) is 6.71. The largest absolute Gasteiger partial charge is 0.310 e. The van der Waals surface area contributed by atoms with Crippen molar-refractivity contribution in [3.8, 4) is 0 Å². The van der Waals surface area contributed by atoms with Crippen LogP contribution in [0.1, 0.15) is 0 Å². The van der Waals surface area contributed by atoms with Gasteiger partial charge < -0.3 is 4.90 Å². The molecule has 0 N–H and O–H groups in total. The van der Waals surface area contributed by atoms with Crippen LogP contribution in [0.2, 0.25) is 0 Å². The van der Waals surface area contributed by atoms with Crippen LogP contribution >= 0.6 is 15.9 Å². The number of hydrogen-bond donors (Lipinski definition) is 0. The maximum absolute atomic E-state index is 13.8. The van der Waals surface area contributed by atoms with Gasteiger partial charge in [0.15, 0.2) is 11.6 Å². The minimum atomic E-state index is -0.888. The molecule has 0 spiro atoms. The molecule has 0 aliphatic heterocycles. The Hall–Kier alpha value is -2.20. The fourth-order valence-electron chi connectivity index (χ4n) is 2.27. The van der Waals surface area contributed by atoms with Gasteiger partial charge >= 0.3 is 0 Å². The van der Waals surface area contributed by atoms with Gasteiger partial charge in [-0.2, -0.15) is 0 Å². The van der Waals surface area contributed by atoms with Gasteiger partial charge in [0.2, 0.25) is 0 Å². The fourth-order valence-corrected chi connectivity index (χ4v) is 2.70. The molecule has 0 heterocycles. The van der Waals surface area contributed by atoms with Crippen molar-refractivity contribution in [3.63, 3.8) is 0 Å². The van der Waals surface area contributed by atoms with Crippen molar-refractivity contribution in [2.45, 2.75) is 0 Å². The summed E-state index contributed by atoms with van der Waals surface area (Å²) < 4.78 is 27.4. The molecule has 0 unspecified atom stereocenters. The first-order chi connectivity index (χ1) is 10.7. The summed E-state index contributed by atoms with van der Waals surface area (Å²) in [7, 11) is 0. The molecule has 3 aromatic rings. The molecule has 0 saturated heterocycles. The van der Waals surface area contributed by atoms with Crippen molar-refractivity contribution in [1.82, 2.24) is 0 Å². The van der Waals surface area contributed by atoms with E-state index in [0.29, 0.717) is 5.69 Å². The number of hydrogen-bond acceptors (Lipinski definition) is 1. The average Bonchev–Trinajstić information content (AvgIpc) is 2.55. The predicted molar refractivity (Wildman–Crippen MR) is 88.7 cm³/mol. The van der Waals surface area contributed by atoms with Crippen LogP contribution < -0.4 is 4.90 Å². The Balaban J connectivity index is 2.19. The van der Waals surface area contributed by atoms with Crippen molar-refractivity contribution in [2.24, 2.45) is 0 Å². The Morgan fingerprint density at radius 2 is 1.18 bits per heavy atom. The van der Waals surface area contributed by atoms with Gasteiger partial charge in [-0.1, -0.05) is 36.4 Å². The lowest BCUT2D eigenvalue weighted by Gasteiger charge is -2.25. The lowest BCUT2D eigenvalue weighted by molar-refractivity contribution is 0.504. The van der Waals surface area contributed by atoms with Gasteiger partial charge in [-0.25, -0.2) is 8.78 Å². The van der Waals surface area contributed by atoms with E-state index >= 15 is 0 Å². The maximum atomic E-state index is 13.8. The van der Waals surface area contributed by atoms with E-state index in [1.165, 1.54) is 6.07 Å². The first kappa shape index (κ1) is 14.7. The highest BCUT2D eigenvalue weighted by Crippen LogP contribution is 2.36. The molecule has 0 bridgehead atoms. The molecule has 0 radical (unpaired) electrons. The van der Waals surface area contributed by atoms with Crippen LogP contribution in [0.15, 0.2) is 77.3 Å². The standard InChI is InChI=1S/C18H12BrF2N/c19-16-11-15(12-17(20)18(16)21)22(13-7-3-1-4-8-13)14-9-5-2-6-10-14/h1-12H. The Bertz CT molecular complexity index is 713. The number of rotatable bonds is 3. The van der Waals surface area contributed by atoms with Crippen LogP contribution in [0, 0.1) is 11.6 Å². The zero-order valence-corrected chi connectivity index (χ0v) is 13.1. The molecule has 0 aliphatic carbocycles. The number of benzene rings is 3. The lowest BCUT2D eigenvalue weighted by Crippen LogP contribution is -2.10. The summed E-state index contributed by atoms with van der Waals surface area (Å²) in [5.41, 5.74) is 2.28. The van der Waals surface area contributed by atoms with E-state index in [4.69, 9.17) is 0 Å². The molecule has 0 saturated carbocycles. The molecular weight excluding hydrogens is 348 g/mol. The highest BCUT2D eigenvalue weighted by Gasteiger charge is 2.16. The van der Waals surface area contributed by atoms with Gasteiger partial charge in [-0.15, -0.1) is 0 Å². The second kappa shape index (κ2) is 6.28. The topological polar surface area (TPSA) is 3.24 Å². The number of anilines is 3. The SMILES string of the molecule is Fc1cc(N(c2ccccc2)c2ccccc2)cc(Br)c1F. The third-order valence-electron chi connectivity index (χ3n) is 3.26. The first-order valence-corrected chi connectivity index (χ1v) is 7.51. The molecule has 1 nitrogen and oxygen atoms in total. The number of para-hydroxylation sites is 2. The minimum absolute atomic E-state index is 0.0966. The van der Waals surface area contributed by atoms with E-state index < -0.39 is 11.6 Å². The van der Waals surface area contributed by atoms with Crippen LogP contribution in [0.4, 0.5) is 25.8 Å². The van der Waals surface area contributed by atoms with Gasteiger partial charge in [0, 0.05) is 17.4 Å². The summed E-state index contributed by atoms with van der Waals surface area (Å²) in [6.07, 6.45) is 0. The van der Waals surface area contributed by atoms with Crippen molar-refractivity contribution in [1.29, 1.82) is 0 Å². The summed E-state index contributed by atoms with van der Waals surface area (Å²) in [4.78, 5) is 1.87. The van der Waals surface area contributed by atoms with Crippen molar-refractivity contribution < 1.29 is 8.78 Å². The lowest BCUT2D eigenvalue weighted by atomic mass is 10.2. The van der Waals surface area contributed by atoms with E-state index in [-0.39, 0.29) is 4.47 Å². The molecule has 3 aromatic carbocycles. The van der Waals surface area contributed by atoms with Crippen LogP contribution in [0.25, 0.3) is 0 Å². The van der Waals surface area contributed by atoms with Gasteiger partial charge in [0.25, 0.3) is 0 Å². The highest BCUT2D eigenvalue weighted by atomic mass is 79.9. The normalized spacial score (nSPS) is 10.5. The molecule has 0 aromatic heterocycles. The van der Waals surface area contributed by atoms with E-state index in [1.54, 1.807) is 6.07 Å². The summed E-state index contributed by atoms with van der Waals surface area (Å²) >= 11 is 3.07. The Morgan fingerprint density at radius 1 is 0.682 bits per heavy atom. The predicted octanol–water partition coefficient (Wildman–Crippen LogP) is 6.20. The van der Waals surface area contributed by atoms with Crippen LogP contribution in [0.3, 0.4) is 0 Å². The summed E-state index contributed by atoms with van der Waals surface area (Å²) in [6, 6.07) is 21.9. The molecule has 3 rings (SSSR count). The summed E-state index contributed by atoms with van der Waals surface area (Å²) in [5.74, 6) is -1.77. The molecule has 0 atom stereocenters. The molecular formula is C18H12BrF2N. The highest BCUT2D eigenvalue weighted by molar-refractivity contribution is 9.10. The van der Waals surface area contributed by atoms with Gasteiger partial charge in [0.1, 0.15) is 0 Å². The van der Waals surface area contributed by atoms with Crippen LogP contribution in [-0.2, 0) is 0 Å². The number of nitrogens with zero attached hydrogens (tertiary/aromatic N) is 1. The molecule has 0 fully saturated rings. The Labute approximate surface area is 136 Å². The second-order valence-corrected chi connectivity index (χ2v) is 5.58. The van der Waals surface area contributed by atoms with Crippen LogP contribution in [0.5, 0.6) is 0 Å². The van der Waals surface area contributed by atoms with E-state index in [2.05, 4.69) is 15.9 Å². The van der Waals surface area contributed by atoms with Gasteiger partial charge in [-0.3, -0.25) is 0 Å². The monoisotopic (exact) mass is 359 g/mol. The van der Waals surface area contributed by atoms with E-state index in [9.17, 15) is 8.78 Å². The molecule has 110 valence electrons. The van der Waals surface area contributed by atoms with Crippen molar-refractivity contribution in [2.75, 3.05) is 4.90 Å². The minimum Gasteiger partial charge on any atom is -0.310 e. The summed E-state index contributed by atoms with van der Waals surface area (Å²) in [6.45, 7) is 0. The second-order valence-electron chi connectivity index (χ2n) is 4.73. The molecule has 0 aliphatic rings. The third kappa shape index (κ3) is 2.88. The summed E-state index contributed by atoms with van der Waals surface area (Å²) in [5, 5.41) is 0. The van der Waals surface area contributed by atoms with Crippen molar-refractivity contribution in [3.05, 3.63) is 88.9 Å². The third-order valence-corrected chi connectivity index (χ3v) is 3.83. The zero-order valence-electron chi connectivity index (χ0n) is 11.5. The van der Waals surface area contributed by atoms with E-state index in [1.807, 2.05) is 65.6 Å². The molecule has 22 heavy (non-hydrogen) atoms. The van der Waals surface area contributed by atoms with Crippen LogP contribution in [-0.4, -0.2) is 0 Å². The maximum Gasteiger partial charge on any atom is 0.173 e. The van der Waals surface area contributed by atoms with Gasteiger partial charge in [-0.05, 0) is 46.3 Å². The Morgan fingerprint density at radius 3 is 1.64 bits per heavy atom. The quantitative estimate of drug-likeness (QED) is 0.503. The number of halogens is 3. The Kier molecular flexibility index (Phi) is 4.20.